The molecule has 158 valence electrons. The van der Waals surface area contributed by atoms with Gasteiger partial charge in [0.2, 0.25) is 0 Å². The summed E-state index contributed by atoms with van der Waals surface area (Å²) in [6.07, 6.45) is 1.67. The molecule has 2 heterocycles. The lowest BCUT2D eigenvalue weighted by Gasteiger charge is -2.38. The molecule has 29 heavy (non-hydrogen) atoms. The van der Waals surface area contributed by atoms with Gasteiger partial charge in [0.25, 0.3) is 0 Å². The minimum Gasteiger partial charge on any atom is -0.381 e. The molecule has 6 nitrogen and oxygen atoms in total. The molecule has 1 aromatic carbocycles. The van der Waals surface area contributed by atoms with Crippen molar-refractivity contribution in [3.63, 3.8) is 0 Å². The Morgan fingerprint density at radius 3 is 2.69 bits per heavy atom. The van der Waals surface area contributed by atoms with Gasteiger partial charge in [0.1, 0.15) is 12.4 Å². The first-order valence-electron chi connectivity index (χ1n) is 10.3. The summed E-state index contributed by atoms with van der Waals surface area (Å²) in [5.74, 6) is 1.55. The van der Waals surface area contributed by atoms with Crippen molar-refractivity contribution in [2.45, 2.75) is 51.5 Å². The molecule has 1 fully saturated rings. The van der Waals surface area contributed by atoms with Crippen LogP contribution in [-0.4, -0.2) is 37.4 Å². The molecule has 0 radical (unpaired) electrons. The third-order valence-electron chi connectivity index (χ3n) is 5.39. The van der Waals surface area contributed by atoms with Crippen molar-refractivity contribution in [1.29, 1.82) is 0 Å². The second-order valence-corrected chi connectivity index (χ2v) is 7.82. The second kappa shape index (κ2) is 9.87. The van der Waals surface area contributed by atoms with E-state index < -0.39 is 0 Å². The maximum Gasteiger partial charge on any atom is 0.191 e. The van der Waals surface area contributed by atoms with E-state index in [1.165, 1.54) is 6.07 Å². The molecule has 0 atom stereocenters. The molecule has 1 aliphatic heterocycles. The van der Waals surface area contributed by atoms with Crippen LogP contribution < -0.4 is 10.6 Å². The van der Waals surface area contributed by atoms with Crippen LogP contribution in [0.5, 0.6) is 0 Å². The molecule has 0 spiro atoms. The van der Waals surface area contributed by atoms with Crippen molar-refractivity contribution in [3.8, 4) is 0 Å². The zero-order valence-electron chi connectivity index (χ0n) is 17.5. The summed E-state index contributed by atoms with van der Waals surface area (Å²) in [6.45, 7) is 9.33. The standard InChI is InChI=1S/C22H31FN4O2/c1-4-24-21(25-14-19-13-20(16(2)3)27-29-19)26-15-22(8-10-28-11-9-22)17-6-5-7-18(23)12-17/h5-7,12-13,16H,4,8-11,14-15H2,1-3H3,(H2,24,25,26). The Morgan fingerprint density at radius 1 is 1.24 bits per heavy atom. The van der Waals surface area contributed by atoms with E-state index in [1.54, 1.807) is 12.1 Å². The van der Waals surface area contributed by atoms with Gasteiger partial charge in [-0.05, 0) is 43.4 Å². The minimum atomic E-state index is -0.208. The van der Waals surface area contributed by atoms with E-state index in [0.29, 0.717) is 38.2 Å². The molecule has 0 saturated carbocycles. The zero-order valence-corrected chi connectivity index (χ0v) is 17.5. The lowest BCUT2D eigenvalue weighted by Crippen LogP contribution is -2.48. The first-order chi connectivity index (χ1) is 14.0. The van der Waals surface area contributed by atoms with Crippen molar-refractivity contribution < 1.29 is 13.7 Å². The topological polar surface area (TPSA) is 71.7 Å². The lowest BCUT2D eigenvalue weighted by atomic mass is 9.74. The van der Waals surface area contributed by atoms with E-state index >= 15 is 0 Å². The highest BCUT2D eigenvalue weighted by Crippen LogP contribution is 2.34. The van der Waals surface area contributed by atoms with E-state index in [9.17, 15) is 4.39 Å². The van der Waals surface area contributed by atoms with Crippen LogP contribution in [0.4, 0.5) is 4.39 Å². The van der Waals surface area contributed by atoms with Gasteiger partial charge >= 0.3 is 0 Å². The molecule has 0 amide bonds. The van der Waals surface area contributed by atoms with Crippen LogP contribution >= 0.6 is 0 Å². The fourth-order valence-electron chi connectivity index (χ4n) is 3.58. The summed E-state index contributed by atoms with van der Waals surface area (Å²) in [4.78, 5) is 4.64. The highest BCUT2D eigenvalue weighted by Gasteiger charge is 2.35. The van der Waals surface area contributed by atoms with Crippen molar-refractivity contribution in [1.82, 2.24) is 15.8 Å². The summed E-state index contributed by atoms with van der Waals surface area (Å²) in [5.41, 5.74) is 1.74. The zero-order chi connectivity index (χ0) is 20.7. The van der Waals surface area contributed by atoms with Gasteiger partial charge < -0.3 is 19.9 Å². The highest BCUT2D eigenvalue weighted by atomic mass is 19.1. The van der Waals surface area contributed by atoms with Crippen LogP contribution in [0.25, 0.3) is 0 Å². The van der Waals surface area contributed by atoms with Gasteiger partial charge in [-0.3, -0.25) is 0 Å². The van der Waals surface area contributed by atoms with Crippen LogP contribution in [0.3, 0.4) is 0 Å². The minimum absolute atomic E-state index is 0.187. The molecule has 1 saturated heterocycles. The Bertz CT molecular complexity index is 813. The number of rotatable bonds is 7. The van der Waals surface area contributed by atoms with E-state index in [-0.39, 0.29) is 11.2 Å². The highest BCUT2D eigenvalue weighted by molar-refractivity contribution is 5.79. The number of nitrogens with zero attached hydrogens (tertiary/aromatic N) is 2. The van der Waals surface area contributed by atoms with E-state index in [2.05, 4.69) is 34.6 Å². The number of guanidine groups is 1. The van der Waals surface area contributed by atoms with Crippen LogP contribution in [0.2, 0.25) is 0 Å². The molecule has 3 rings (SSSR count). The summed E-state index contributed by atoms with van der Waals surface area (Å²) < 4.78 is 24.8. The van der Waals surface area contributed by atoms with E-state index in [1.807, 2.05) is 19.1 Å². The van der Waals surface area contributed by atoms with Crippen LogP contribution in [0.15, 0.2) is 39.8 Å². The summed E-state index contributed by atoms with van der Waals surface area (Å²) in [5, 5.41) is 10.8. The number of aliphatic imine (C=N–C) groups is 1. The largest absolute Gasteiger partial charge is 0.381 e. The molecule has 2 N–H and O–H groups in total. The van der Waals surface area contributed by atoms with Gasteiger partial charge in [-0.15, -0.1) is 0 Å². The Morgan fingerprint density at radius 2 is 2.03 bits per heavy atom. The number of nitrogens with one attached hydrogen (secondary N) is 2. The van der Waals surface area contributed by atoms with Crippen LogP contribution in [-0.2, 0) is 16.7 Å². The predicted octanol–water partition coefficient (Wildman–Crippen LogP) is 3.74. The van der Waals surface area contributed by atoms with Crippen LogP contribution in [0, 0.1) is 5.82 Å². The summed E-state index contributed by atoms with van der Waals surface area (Å²) in [6, 6.07) is 8.85. The second-order valence-electron chi connectivity index (χ2n) is 7.82. The molecule has 1 aliphatic rings. The number of hydrogen-bond acceptors (Lipinski definition) is 4. The smallest absolute Gasteiger partial charge is 0.191 e. The van der Waals surface area contributed by atoms with Gasteiger partial charge in [0.15, 0.2) is 11.7 Å². The molecule has 0 bridgehead atoms. The van der Waals surface area contributed by atoms with E-state index in [4.69, 9.17) is 9.26 Å². The van der Waals surface area contributed by atoms with E-state index in [0.717, 1.165) is 36.4 Å². The Balaban J connectivity index is 1.72. The van der Waals surface area contributed by atoms with Crippen LogP contribution in [0.1, 0.15) is 56.5 Å². The van der Waals surface area contributed by atoms with Gasteiger partial charge in [-0.1, -0.05) is 31.1 Å². The Kier molecular flexibility index (Phi) is 7.25. The predicted molar refractivity (Wildman–Crippen MR) is 112 cm³/mol. The molecular formula is C22H31FN4O2. The quantitative estimate of drug-likeness (QED) is 0.545. The molecule has 1 aromatic heterocycles. The first kappa shape index (κ1) is 21.3. The maximum absolute atomic E-state index is 13.9. The third kappa shape index (κ3) is 5.56. The van der Waals surface area contributed by atoms with Crippen molar-refractivity contribution in [2.75, 3.05) is 26.3 Å². The average molecular weight is 403 g/mol. The number of halogens is 1. The van der Waals surface area contributed by atoms with Gasteiger partial charge in [0.05, 0.1) is 5.69 Å². The number of benzene rings is 1. The van der Waals surface area contributed by atoms with Crippen molar-refractivity contribution >= 4 is 5.96 Å². The van der Waals surface area contributed by atoms with Crippen molar-refractivity contribution in [3.05, 3.63) is 53.2 Å². The normalized spacial score (nSPS) is 16.8. The lowest BCUT2D eigenvalue weighted by molar-refractivity contribution is 0.0513. The molecular weight excluding hydrogens is 371 g/mol. The fourth-order valence-corrected chi connectivity index (χ4v) is 3.58. The van der Waals surface area contributed by atoms with Gasteiger partial charge in [-0.2, -0.15) is 0 Å². The van der Waals surface area contributed by atoms with Gasteiger partial charge in [-0.25, -0.2) is 9.38 Å². The number of ether oxygens (including phenoxy) is 1. The first-order valence-corrected chi connectivity index (χ1v) is 10.3. The molecule has 0 unspecified atom stereocenters. The van der Waals surface area contributed by atoms with Crippen molar-refractivity contribution in [2.24, 2.45) is 4.99 Å². The monoisotopic (exact) mass is 402 g/mol. The third-order valence-corrected chi connectivity index (χ3v) is 5.39. The fraction of sp³-hybridized carbons (Fsp3) is 0.545. The number of hydrogen-bond donors (Lipinski definition) is 2. The molecule has 2 aromatic rings. The molecule has 7 heteroatoms. The maximum atomic E-state index is 13.9. The van der Waals surface area contributed by atoms with Gasteiger partial charge in [0, 0.05) is 37.8 Å². The molecule has 0 aliphatic carbocycles. The summed E-state index contributed by atoms with van der Waals surface area (Å²) >= 11 is 0. The SMILES string of the molecule is CCNC(=NCc1cc(C(C)C)no1)NCC1(c2cccc(F)c2)CCOCC1. The summed E-state index contributed by atoms with van der Waals surface area (Å²) in [7, 11) is 0. The Labute approximate surface area is 171 Å². The average Bonchev–Trinajstić information content (AvgIpc) is 3.20. The Hall–Kier alpha value is -2.41. The number of aromatic nitrogens is 1.